The number of benzene rings is 4. The summed E-state index contributed by atoms with van der Waals surface area (Å²) in [5.41, 5.74) is 10.8. The highest BCUT2D eigenvalue weighted by Crippen LogP contribution is 2.40. The molecule has 25 heteroatoms. The predicted molar refractivity (Wildman–Crippen MR) is 356 cm³/mol. The van der Waals surface area contributed by atoms with Gasteiger partial charge in [-0.05, 0) is 160 Å². The van der Waals surface area contributed by atoms with Crippen LogP contribution >= 0.6 is 0 Å². The van der Waals surface area contributed by atoms with Crippen molar-refractivity contribution in [2.75, 3.05) is 95.2 Å². The van der Waals surface area contributed by atoms with Gasteiger partial charge in [0.25, 0.3) is 36.0 Å². The standard InChI is InChI=1S/C24H24FN3O3S.C23H24N4O3S.C21H20N4O4S/c1-16(29)27-12-9-18-3-5-20(14-24(18)27)32(30,31)28-15-22(17-7-10-26(2)11-8-17)21-13-19(25)4-6-23(21)28;1-16(28)26-13-9-18-5-6-19(14-22(18)26)31(29,30)27-15-21(17-7-11-25(2)12-8-17)20-4-3-10-24-23(20)27;1-24-9-6-14(7-10-24)17-12-25(21-16(17)3-2-8-22-21)30(27,28)15-4-5-18-19(11-15)29-13-20(26)23-18/h3-7,13-15H,8-12H2,1-2H3;3-7,10,14-15H,8-9,11-13H2,1-2H3;2-6,8,11-12H,7,9-10,13H2,1H3,(H,23,26). The molecule has 11 heterocycles. The van der Waals surface area contributed by atoms with E-state index in [1.807, 2.05) is 37.4 Å². The molecule has 9 aromatic rings. The van der Waals surface area contributed by atoms with E-state index >= 15 is 0 Å². The van der Waals surface area contributed by atoms with Crippen LogP contribution in [0.3, 0.4) is 0 Å². The molecular formula is C68H68FN11O10S3. The Morgan fingerprint density at radius 3 is 1.42 bits per heavy atom. The Bertz CT molecular complexity index is 5030. The third-order valence-corrected chi connectivity index (χ3v) is 23.0. The maximum atomic E-state index is 14.1. The van der Waals surface area contributed by atoms with Crippen molar-refractivity contribution in [1.29, 1.82) is 0 Å². The van der Waals surface area contributed by atoms with Gasteiger partial charge in [0, 0.05) is 147 Å². The molecule has 3 amide bonds. The molecule has 6 aliphatic heterocycles. The molecule has 0 unspecified atom stereocenters. The Hall–Kier alpha value is -9.11. The van der Waals surface area contributed by atoms with Crippen LogP contribution < -0.4 is 19.9 Å². The molecule has 0 aliphatic carbocycles. The number of halogens is 1. The van der Waals surface area contributed by atoms with Gasteiger partial charge < -0.3 is 34.6 Å². The summed E-state index contributed by atoms with van der Waals surface area (Å²) < 4.78 is 105. The van der Waals surface area contributed by atoms with Crippen LogP contribution in [0.2, 0.25) is 0 Å². The SMILES string of the molecule is CC(=O)N1CCc2ccc(S(=O)(=O)n3cc(C4=CCN(C)CC4)c4cc(F)ccc43)cc21.CC(=O)N1CCc2ccc(S(=O)(=O)n3cc(C4=CCN(C)CC4)c4cccnc43)cc21.CN1CC=C(c2cn(S(=O)(=O)c3ccc4c(c3)OCC(=O)N4)c3ncccc23)CC1. The number of aromatic nitrogens is 5. The molecule has 1 N–H and O–H groups in total. The van der Waals surface area contributed by atoms with E-state index in [0.717, 1.165) is 120 Å². The maximum absolute atomic E-state index is 14.1. The lowest BCUT2D eigenvalue weighted by molar-refractivity contribution is -0.119. The number of fused-ring (bicyclic) bond motifs is 6. The predicted octanol–water partition coefficient (Wildman–Crippen LogP) is 8.87. The Morgan fingerprint density at radius 2 is 0.957 bits per heavy atom. The van der Waals surface area contributed by atoms with Crippen molar-refractivity contribution in [2.45, 2.75) is 60.6 Å². The second kappa shape index (κ2) is 24.7. The largest absolute Gasteiger partial charge is 0.482 e. The smallest absolute Gasteiger partial charge is 0.269 e. The zero-order chi connectivity index (χ0) is 65.3. The third kappa shape index (κ3) is 11.9. The van der Waals surface area contributed by atoms with Crippen molar-refractivity contribution in [3.05, 3.63) is 180 Å². The minimum Gasteiger partial charge on any atom is -0.482 e. The number of anilines is 3. The molecule has 0 saturated heterocycles. The van der Waals surface area contributed by atoms with Crippen LogP contribution in [-0.2, 0) is 57.3 Å². The lowest BCUT2D eigenvalue weighted by Crippen LogP contribution is -2.26. The monoisotopic (exact) mass is 1310 g/mol. The summed E-state index contributed by atoms with van der Waals surface area (Å²) in [6, 6.07) is 26.1. The van der Waals surface area contributed by atoms with Gasteiger partial charge in [-0.15, -0.1) is 0 Å². The lowest BCUT2D eigenvalue weighted by atomic mass is 9.99. The van der Waals surface area contributed by atoms with Gasteiger partial charge in [0.05, 0.1) is 25.9 Å². The number of rotatable bonds is 9. The van der Waals surface area contributed by atoms with Gasteiger partial charge in [0.15, 0.2) is 17.9 Å². The third-order valence-electron chi connectivity index (χ3n) is 18.0. The molecule has 0 radical (unpaired) electrons. The van der Waals surface area contributed by atoms with Crippen LogP contribution in [0.4, 0.5) is 21.5 Å². The summed E-state index contributed by atoms with van der Waals surface area (Å²) in [6.45, 7) is 9.08. The summed E-state index contributed by atoms with van der Waals surface area (Å²) in [6.07, 6.45) is 18.4. The van der Waals surface area contributed by atoms with Crippen LogP contribution in [0.15, 0.2) is 161 Å². The maximum Gasteiger partial charge on any atom is 0.269 e. The first kappa shape index (κ1) is 62.7. The van der Waals surface area contributed by atoms with Crippen molar-refractivity contribution in [3.8, 4) is 5.75 Å². The molecule has 0 spiro atoms. The van der Waals surface area contributed by atoms with E-state index in [1.165, 1.54) is 56.1 Å². The molecule has 4 aromatic carbocycles. The number of hydrogen-bond acceptors (Lipinski definition) is 15. The van der Waals surface area contributed by atoms with Gasteiger partial charge in [-0.1, -0.05) is 30.4 Å². The Morgan fingerprint density at radius 1 is 0.516 bits per heavy atom. The molecule has 0 bridgehead atoms. The second-order valence-electron chi connectivity index (χ2n) is 24.1. The van der Waals surface area contributed by atoms with Gasteiger partial charge in [-0.3, -0.25) is 14.4 Å². The number of nitrogens with one attached hydrogen (secondary N) is 1. The molecule has 15 rings (SSSR count). The van der Waals surface area contributed by atoms with E-state index in [2.05, 4.69) is 62.3 Å². The first-order chi connectivity index (χ1) is 44.5. The van der Waals surface area contributed by atoms with Crippen molar-refractivity contribution in [1.82, 2.24) is 36.6 Å². The van der Waals surface area contributed by atoms with E-state index < -0.39 is 35.9 Å². The molecule has 0 atom stereocenters. The fourth-order valence-electron chi connectivity index (χ4n) is 12.9. The molecule has 480 valence electrons. The number of nitrogens with zero attached hydrogens (tertiary/aromatic N) is 10. The zero-order valence-electron chi connectivity index (χ0n) is 51.9. The topological polar surface area (TPSA) is 232 Å². The average Bonchev–Trinajstić information content (AvgIpc) is 1.64. The summed E-state index contributed by atoms with van der Waals surface area (Å²) in [5.74, 6) is -0.542. The van der Waals surface area contributed by atoms with Crippen LogP contribution in [0.25, 0.3) is 49.7 Å². The van der Waals surface area contributed by atoms with Gasteiger partial charge in [0.2, 0.25) is 11.8 Å². The van der Waals surface area contributed by atoms with Crippen molar-refractivity contribution in [2.24, 2.45) is 0 Å². The number of pyridine rings is 2. The number of carbonyl (C=O) groups excluding carboxylic acids is 3. The second-order valence-corrected chi connectivity index (χ2v) is 29.5. The highest BCUT2D eigenvalue weighted by molar-refractivity contribution is 7.90. The van der Waals surface area contributed by atoms with E-state index in [0.29, 0.717) is 64.5 Å². The Labute approximate surface area is 538 Å². The summed E-state index contributed by atoms with van der Waals surface area (Å²) in [4.78, 5) is 54.4. The van der Waals surface area contributed by atoms with Gasteiger partial charge >= 0.3 is 0 Å². The van der Waals surface area contributed by atoms with Crippen LogP contribution in [0.1, 0.15) is 60.9 Å². The van der Waals surface area contributed by atoms with Crippen LogP contribution in [0.5, 0.6) is 5.75 Å². The molecule has 93 heavy (non-hydrogen) atoms. The first-order valence-corrected chi connectivity index (χ1v) is 34.9. The van der Waals surface area contributed by atoms with Gasteiger partial charge in [-0.25, -0.2) is 51.5 Å². The number of ether oxygens (including phenoxy) is 1. The van der Waals surface area contributed by atoms with Crippen molar-refractivity contribution >= 4 is 115 Å². The molecule has 6 aliphatic rings. The van der Waals surface area contributed by atoms with E-state index in [9.17, 15) is 44.0 Å². The average molecular weight is 1310 g/mol. The minimum absolute atomic E-state index is 0.0730. The zero-order valence-corrected chi connectivity index (χ0v) is 54.4. The summed E-state index contributed by atoms with van der Waals surface area (Å²) in [7, 11) is -5.61. The number of amides is 3. The number of likely N-dealkylation sites (N-methyl/N-ethyl adjacent to an activating group) is 3. The quantitative estimate of drug-likeness (QED) is 0.142. The van der Waals surface area contributed by atoms with Crippen molar-refractivity contribution < 1.29 is 48.8 Å². The minimum atomic E-state index is -3.96. The van der Waals surface area contributed by atoms with E-state index in [1.54, 1.807) is 77.2 Å². The van der Waals surface area contributed by atoms with Crippen LogP contribution in [0, 0.1) is 5.82 Å². The van der Waals surface area contributed by atoms with E-state index in [-0.39, 0.29) is 39.0 Å². The Balaban J connectivity index is 0.000000127. The highest BCUT2D eigenvalue weighted by Gasteiger charge is 2.32. The highest BCUT2D eigenvalue weighted by atomic mass is 32.2. The Kier molecular flexibility index (Phi) is 16.7. The fraction of sp³-hybridized carbons (Fsp3) is 0.279. The molecule has 21 nitrogen and oxygen atoms in total. The first-order valence-electron chi connectivity index (χ1n) is 30.6. The number of carbonyl (C=O) groups is 3. The summed E-state index contributed by atoms with van der Waals surface area (Å²) >= 11 is 0. The van der Waals surface area contributed by atoms with Crippen LogP contribution in [-0.4, -0.2) is 160 Å². The molecular weight excluding hydrogens is 1250 g/mol. The van der Waals surface area contributed by atoms with Crippen molar-refractivity contribution in [3.63, 3.8) is 0 Å². The van der Waals surface area contributed by atoms with Gasteiger partial charge in [-0.2, -0.15) is 0 Å². The normalized spacial score (nSPS) is 17.1. The molecule has 5 aromatic heterocycles. The van der Waals surface area contributed by atoms with Gasteiger partial charge in [0.1, 0.15) is 11.6 Å². The number of hydrogen-bond donors (Lipinski definition) is 1. The van der Waals surface area contributed by atoms with E-state index in [4.69, 9.17) is 4.74 Å². The molecule has 0 saturated carbocycles. The molecule has 0 fully saturated rings. The lowest BCUT2D eigenvalue weighted by Gasteiger charge is -2.21. The summed E-state index contributed by atoms with van der Waals surface area (Å²) in [5, 5.41) is 4.88. The fourth-order valence-corrected chi connectivity index (χ4v) is 16.9.